The summed E-state index contributed by atoms with van der Waals surface area (Å²) in [6, 6.07) is 54.7. The Bertz CT molecular complexity index is 2650. The van der Waals surface area contributed by atoms with Gasteiger partial charge in [0.05, 0.1) is 15.9 Å². The van der Waals surface area contributed by atoms with Crippen LogP contribution in [0.4, 0.5) is 17.1 Å². The second-order valence-electron chi connectivity index (χ2n) is 13.0. The van der Waals surface area contributed by atoms with Gasteiger partial charge in [0.1, 0.15) is 10.0 Å². The third-order valence-electron chi connectivity index (χ3n) is 9.63. The zero-order chi connectivity index (χ0) is 34.4. The number of aromatic nitrogens is 2. The first-order valence-corrected chi connectivity index (χ1v) is 19.9. The zero-order valence-electron chi connectivity index (χ0n) is 28.1. The molecular formula is C46H31N3S3. The largest absolute Gasteiger partial charge is 0.311 e. The molecule has 0 atom stereocenters. The molecule has 0 N–H and O–H groups in total. The second-order valence-corrected chi connectivity index (χ2v) is 16.2. The molecule has 0 radical (unpaired) electrons. The third-order valence-corrected chi connectivity index (χ3v) is 13.1. The Hall–Kier alpha value is -5.66. The van der Waals surface area contributed by atoms with Crippen molar-refractivity contribution < 1.29 is 0 Å². The van der Waals surface area contributed by atoms with Crippen LogP contribution in [0.2, 0.25) is 0 Å². The Labute approximate surface area is 314 Å². The van der Waals surface area contributed by atoms with E-state index in [1.54, 1.807) is 11.3 Å². The second kappa shape index (κ2) is 13.1. The lowest BCUT2D eigenvalue weighted by Gasteiger charge is -2.26. The molecule has 52 heavy (non-hydrogen) atoms. The first-order valence-electron chi connectivity index (χ1n) is 17.4. The summed E-state index contributed by atoms with van der Waals surface area (Å²) in [6.07, 6.45) is 6.56. The van der Waals surface area contributed by atoms with Gasteiger partial charge in [-0.2, -0.15) is 0 Å². The summed E-state index contributed by atoms with van der Waals surface area (Å²) in [5.74, 6) is 0. The molecule has 1 aliphatic carbocycles. The van der Waals surface area contributed by atoms with E-state index in [9.17, 15) is 0 Å². The predicted molar refractivity (Wildman–Crippen MR) is 224 cm³/mol. The molecule has 0 bridgehead atoms. The predicted octanol–water partition coefficient (Wildman–Crippen LogP) is 14.1. The molecule has 0 unspecified atom stereocenters. The van der Waals surface area contributed by atoms with Crippen LogP contribution in [0.5, 0.6) is 0 Å². The van der Waals surface area contributed by atoms with Crippen LogP contribution in [-0.4, -0.2) is 9.97 Å². The number of fused-ring (bicyclic) bond motifs is 3. The molecule has 6 aromatic carbocycles. The van der Waals surface area contributed by atoms with Crippen LogP contribution in [0.15, 0.2) is 158 Å². The van der Waals surface area contributed by atoms with Crippen LogP contribution >= 0.6 is 34.0 Å². The summed E-state index contributed by atoms with van der Waals surface area (Å²) >= 11 is 5.39. The van der Waals surface area contributed by atoms with E-state index in [4.69, 9.17) is 9.97 Å². The maximum Gasteiger partial charge on any atom is 0.124 e. The van der Waals surface area contributed by atoms with Gasteiger partial charge in [0.15, 0.2) is 0 Å². The van der Waals surface area contributed by atoms with E-state index in [1.165, 1.54) is 41.2 Å². The molecule has 0 saturated heterocycles. The maximum absolute atomic E-state index is 4.95. The topological polar surface area (TPSA) is 29.0 Å². The summed E-state index contributed by atoms with van der Waals surface area (Å²) in [7, 11) is 0. The van der Waals surface area contributed by atoms with Crippen LogP contribution in [-0.2, 0) is 6.42 Å². The molecule has 6 heteroatoms. The number of hydrogen-bond donors (Lipinski definition) is 0. The molecule has 0 saturated carbocycles. The Morgan fingerprint density at radius 3 is 1.67 bits per heavy atom. The van der Waals surface area contributed by atoms with E-state index in [2.05, 4.69) is 163 Å². The van der Waals surface area contributed by atoms with Gasteiger partial charge >= 0.3 is 0 Å². The summed E-state index contributed by atoms with van der Waals surface area (Å²) < 4.78 is 2.53. The van der Waals surface area contributed by atoms with E-state index in [0.717, 1.165) is 62.3 Å². The van der Waals surface area contributed by atoms with Gasteiger partial charge in [0, 0.05) is 42.6 Å². The highest BCUT2D eigenvalue weighted by Gasteiger charge is 2.17. The van der Waals surface area contributed by atoms with Crippen molar-refractivity contribution in [1.82, 2.24) is 9.97 Å². The van der Waals surface area contributed by atoms with Crippen molar-refractivity contribution in [2.45, 2.75) is 12.8 Å². The minimum Gasteiger partial charge on any atom is -0.311 e. The van der Waals surface area contributed by atoms with Gasteiger partial charge in [-0.05, 0) is 126 Å². The molecule has 10 rings (SSSR count). The summed E-state index contributed by atoms with van der Waals surface area (Å²) in [5.41, 5.74) is 11.4. The molecule has 3 heterocycles. The number of hydrogen-bond acceptors (Lipinski definition) is 6. The molecule has 1 aliphatic rings. The SMILES string of the molecule is C1=Cc2nc(-c3ccc(N(c4ccc(-c5ccc(-c6cc7ccccc7s6)cc5)cc4)c4ccc(-c5nc6ccccc6s5)cc4)cc3)sc2CC1. The number of nitrogens with zero attached hydrogens (tertiary/aromatic N) is 3. The molecule has 9 aromatic rings. The van der Waals surface area contributed by atoms with Crippen LogP contribution in [0, 0.1) is 0 Å². The smallest absolute Gasteiger partial charge is 0.124 e. The first-order chi connectivity index (χ1) is 25.7. The fraction of sp³-hybridized carbons (Fsp3) is 0.0435. The lowest BCUT2D eigenvalue weighted by molar-refractivity contribution is 1.00. The fourth-order valence-electron chi connectivity index (χ4n) is 6.91. The van der Waals surface area contributed by atoms with Gasteiger partial charge in [-0.3, -0.25) is 0 Å². The third kappa shape index (κ3) is 5.85. The average Bonchev–Trinajstić information content (AvgIpc) is 3.96. The number of benzene rings is 6. The Morgan fingerprint density at radius 2 is 1.04 bits per heavy atom. The highest BCUT2D eigenvalue weighted by molar-refractivity contribution is 7.22. The first kappa shape index (κ1) is 31.1. The molecule has 3 nitrogen and oxygen atoms in total. The van der Waals surface area contributed by atoms with E-state index in [0.29, 0.717) is 0 Å². The number of thiazole rings is 2. The normalized spacial score (nSPS) is 12.4. The van der Waals surface area contributed by atoms with Gasteiger partial charge in [-0.25, -0.2) is 9.97 Å². The number of aryl methyl sites for hydroxylation is 1. The minimum absolute atomic E-state index is 1.03. The monoisotopic (exact) mass is 721 g/mol. The van der Waals surface area contributed by atoms with E-state index in [1.807, 2.05) is 28.7 Å². The summed E-state index contributed by atoms with van der Waals surface area (Å²) in [6.45, 7) is 0. The van der Waals surface area contributed by atoms with Gasteiger partial charge in [0.2, 0.25) is 0 Å². The number of para-hydroxylation sites is 1. The Morgan fingerprint density at radius 1 is 0.481 bits per heavy atom. The number of thiophene rings is 1. The van der Waals surface area contributed by atoms with Crippen LogP contribution in [0.1, 0.15) is 17.0 Å². The number of anilines is 3. The van der Waals surface area contributed by atoms with Crippen LogP contribution in [0.3, 0.4) is 0 Å². The zero-order valence-corrected chi connectivity index (χ0v) is 30.5. The van der Waals surface area contributed by atoms with Gasteiger partial charge in [-0.15, -0.1) is 34.0 Å². The lowest BCUT2D eigenvalue weighted by Crippen LogP contribution is -2.09. The van der Waals surface area contributed by atoms with Crippen molar-refractivity contribution in [2.75, 3.05) is 4.90 Å². The van der Waals surface area contributed by atoms with E-state index < -0.39 is 0 Å². The maximum atomic E-state index is 4.95. The molecule has 0 spiro atoms. The highest BCUT2D eigenvalue weighted by atomic mass is 32.1. The van der Waals surface area contributed by atoms with Crippen molar-refractivity contribution in [3.8, 4) is 42.7 Å². The van der Waals surface area contributed by atoms with Crippen molar-refractivity contribution in [3.63, 3.8) is 0 Å². The molecule has 0 aliphatic heterocycles. The Kier molecular flexibility index (Phi) is 7.86. The standard InChI is InChI=1S/C46H31N3S3/c1-4-10-41-35(7-1)29-44(50-41)32-15-13-30(14-16-32)31-17-23-36(24-18-31)49(37-25-19-33(20-26-37)45-47-39-8-2-5-11-42(39)51-45)38-27-21-34(22-28-38)46-48-40-9-3-6-12-43(40)52-46/h1-5,7-11,13-29H,6,12H2. The van der Waals surface area contributed by atoms with Crippen LogP contribution in [0.25, 0.3) is 69.1 Å². The molecular weight excluding hydrogens is 691 g/mol. The van der Waals surface area contributed by atoms with Gasteiger partial charge in [-0.1, -0.05) is 72.8 Å². The number of allylic oxidation sites excluding steroid dienone is 1. The Balaban J connectivity index is 0.973. The van der Waals surface area contributed by atoms with Gasteiger partial charge < -0.3 is 4.90 Å². The highest BCUT2D eigenvalue weighted by Crippen LogP contribution is 2.40. The lowest BCUT2D eigenvalue weighted by atomic mass is 10.0. The molecule has 248 valence electrons. The fourth-order valence-corrected chi connectivity index (χ4v) is 10.0. The van der Waals surface area contributed by atoms with Crippen molar-refractivity contribution in [2.24, 2.45) is 0 Å². The van der Waals surface area contributed by atoms with Crippen molar-refractivity contribution in [1.29, 1.82) is 0 Å². The molecule has 0 amide bonds. The average molecular weight is 722 g/mol. The summed E-state index contributed by atoms with van der Waals surface area (Å²) in [5, 5.41) is 3.41. The molecule has 0 fully saturated rings. The number of rotatable bonds is 7. The van der Waals surface area contributed by atoms with Crippen molar-refractivity contribution >= 4 is 77.5 Å². The quantitative estimate of drug-likeness (QED) is 0.164. The van der Waals surface area contributed by atoms with E-state index in [-0.39, 0.29) is 0 Å². The minimum atomic E-state index is 1.03. The van der Waals surface area contributed by atoms with Crippen molar-refractivity contribution in [3.05, 3.63) is 168 Å². The molecule has 3 aromatic heterocycles. The van der Waals surface area contributed by atoms with Crippen LogP contribution < -0.4 is 4.90 Å². The summed E-state index contributed by atoms with van der Waals surface area (Å²) in [4.78, 5) is 14.9. The van der Waals surface area contributed by atoms with E-state index >= 15 is 0 Å². The van der Waals surface area contributed by atoms with Gasteiger partial charge in [0.25, 0.3) is 0 Å².